The Kier molecular flexibility index (Phi) is 3.59. The highest BCUT2D eigenvalue weighted by atomic mass is 16.6. The largest absolute Gasteiger partial charge is 0.480 e. The van der Waals surface area contributed by atoms with Gasteiger partial charge in [-0.25, -0.2) is 9.59 Å². The van der Waals surface area contributed by atoms with Crippen LogP contribution in [0.3, 0.4) is 0 Å². The predicted octanol–water partition coefficient (Wildman–Crippen LogP) is 2.03. The second-order valence-corrected chi connectivity index (χ2v) is 5.26. The third-order valence-electron chi connectivity index (χ3n) is 4.02. The number of likely N-dealkylation sites (tertiary alicyclic amines) is 1. The fourth-order valence-corrected chi connectivity index (χ4v) is 3.17. The second kappa shape index (κ2) is 5.00. The summed E-state index contributed by atoms with van der Waals surface area (Å²) in [5.41, 5.74) is 0.0102. The summed E-state index contributed by atoms with van der Waals surface area (Å²) in [6.07, 6.45) is 5.79. The number of hydrogen-bond acceptors (Lipinski definition) is 3. The van der Waals surface area contributed by atoms with Crippen molar-refractivity contribution in [3.8, 4) is 0 Å². The topological polar surface area (TPSA) is 66.8 Å². The third kappa shape index (κ3) is 2.35. The number of carbonyl (C=O) groups excluding carboxylic acids is 1. The normalized spacial score (nSPS) is 25.3. The molecule has 0 aromatic carbocycles. The number of aliphatic carboxylic acids is 1. The molecule has 1 amide bonds. The summed E-state index contributed by atoms with van der Waals surface area (Å²) in [7, 11) is 0. The van der Waals surface area contributed by atoms with Crippen LogP contribution in [0.15, 0.2) is 12.7 Å². The Hall–Kier alpha value is -1.52. The molecule has 0 radical (unpaired) electrons. The van der Waals surface area contributed by atoms with E-state index in [0.717, 1.165) is 25.7 Å². The van der Waals surface area contributed by atoms with Crippen LogP contribution in [-0.2, 0) is 9.53 Å². The van der Waals surface area contributed by atoms with Crippen molar-refractivity contribution in [1.82, 2.24) is 4.90 Å². The van der Waals surface area contributed by atoms with Crippen LogP contribution in [0.2, 0.25) is 0 Å². The summed E-state index contributed by atoms with van der Waals surface area (Å²) in [5, 5.41) is 9.23. The van der Waals surface area contributed by atoms with Crippen LogP contribution < -0.4 is 0 Å². The molecule has 1 saturated heterocycles. The minimum atomic E-state index is -0.936. The molecule has 18 heavy (non-hydrogen) atoms. The molecule has 1 saturated carbocycles. The van der Waals surface area contributed by atoms with Gasteiger partial charge in [-0.3, -0.25) is 4.90 Å². The molecular formula is C13H19NO4. The first kappa shape index (κ1) is 12.9. The van der Waals surface area contributed by atoms with E-state index in [0.29, 0.717) is 13.0 Å². The Balaban J connectivity index is 2.09. The molecule has 1 atom stereocenters. The molecule has 0 aromatic heterocycles. The van der Waals surface area contributed by atoms with Gasteiger partial charge < -0.3 is 9.84 Å². The van der Waals surface area contributed by atoms with Gasteiger partial charge in [-0.1, -0.05) is 25.5 Å². The maximum Gasteiger partial charge on any atom is 0.410 e. The Labute approximate surface area is 106 Å². The molecule has 1 spiro atoms. The number of carboxylic acid groups (broad SMARTS) is 1. The SMILES string of the molecule is C=CCOC(=O)N1CC2(CCCC2)CC1C(=O)O. The second-order valence-electron chi connectivity index (χ2n) is 5.26. The van der Waals surface area contributed by atoms with E-state index in [2.05, 4.69) is 6.58 Å². The average Bonchev–Trinajstić information content (AvgIpc) is 2.94. The minimum absolute atomic E-state index is 0.0102. The lowest BCUT2D eigenvalue weighted by Crippen LogP contribution is -2.41. The molecule has 1 N–H and O–H groups in total. The van der Waals surface area contributed by atoms with Crippen LogP contribution >= 0.6 is 0 Å². The van der Waals surface area contributed by atoms with Crippen molar-refractivity contribution in [2.75, 3.05) is 13.2 Å². The molecule has 0 aromatic rings. The van der Waals surface area contributed by atoms with Gasteiger partial charge in [0, 0.05) is 6.54 Å². The summed E-state index contributed by atoms with van der Waals surface area (Å²) in [6, 6.07) is -0.736. The van der Waals surface area contributed by atoms with Gasteiger partial charge in [0.15, 0.2) is 0 Å². The molecule has 2 aliphatic rings. The number of hydrogen-bond donors (Lipinski definition) is 1. The maximum atomic E-state index is 11.9. The van der Waals surface area contributed by atoms with Gasteiger partial charge in [-0.2, -0.15) is 0 Å². The Morgan fingerprint density at radius 1 is 1.44 bits per heavy atom. The Bertz CT molecular complexity index is 360. The molecule has 2 rings (SSSR count). The van der Waals surface area contributed by atoms with Gasteiger partial charge in [0.25, 0.3) is 0 Å². The zero-order chi connectivity index (χ0) is 13.2. The lowest BCUT2D eigenvalue weighted by Gasteiger charge is -2.23. The molecule has 1 aliphatic heterocycles. The first-order valence-corrected chi connectivity index (χ1v) is 6.35. The highest BCUT2D eigenvalue weighted by Gasteiger charge is 2.50. The number of carboxylic acids is 1. The fraction of sp³-hybridized carbons (Fsp3) is 0.692. The summed E-state index contributed by atoms with van der Waals surface area (Å²) in [4.78, 5) is 24.5. The minimum Gasteiger partial charge on any atom is -0.480 e. The molecule has 1 aliphatic carbocycles. The zero-order valence-electron chi connectivity index (χ0n) is 10.4. The van der Waals surface area contributed by atoms with E-state index < -0.39 is 18.1 Å². The standard InChI is InChI=1S/C13H19NO4/c1-2-7-18-12(17)14-9-13(5-3-4-6-13)8-10(14)11(15)16/h2,10H,1,3-9H2,(H,15,16). The molecule has 1 unspecified atom stereocenters. The Morgan fingerprint density at radius 2 is 2.11 bits per heavy atom. The van der Waals surface area contributed by atoms with Crippen molar-refractivity contribution >= 4 is 12.1 Å². The van der Waals surface area contributed by atoms with Crippen LogP contribution in [0.1, 0.15) is 32.1 Å². The number of amides is 1. The van der Waals surface area contributed by atoms with Crippen LogP contribution in [-0.4, -0.2) is 41.3 Å². The van der Waals surface area contributed by atoms with Gasteiger partial charge in [0.1, 0.15) is 12.6 Å². The van der Waals surface area contributed by atoms with Crippen molar-refractivity contribution in [2.45, 2.75) is 38.1 Å². The first-order valence-electron chi connectivity index (χ1n) is 6.35. The number of nitrogens with zero attached hydrogens (tertiary/aromatic N) is 1. The quantitative estimate of drug-likeness (QED) is 0.781. The molecule has 5 heteroatoms. The van der Waals surface area contributed by atoms with Crippen LogP contribution in [0, 0.1) is 5.41 Å². The molecule has 5 nitrogen and oxygen atoms in total. The van der Waals surface area contributed by atoms with Crippen molar-refractivity contribution in [2.24, 2.45) is 5.41 Å². The molecular weight excluding hydrogens is 234 g/mol. The zero-order valence-corrected chi connectivity index (χ0v) is 10.4. The Morgan fingerprint density at radius 3 is 2.67 bits per heavy atom. The van der Waals surface area contributed by atoms with E-state index in [4.69, 9.17) is 4.74 Å². The molecule has 100 valence electrons. The highest BCUT2D eigenvalue weighted by molar-refractivity contribution is 5.81. The predicted molar refractivity (Wildman–Crippen MR) is 65.2 cm³/mol. The first-order chi connectivity index (χ1) is 8.58. The van der Waals surface area contributed by atoms with E-state index in [1.165, 1.54) is 11.0 Å². The molecule has 2 fully saturated rings. The number of carbonyl (C=O) groups is 2. The van der Waals surface area contributed by atoms with E-state index in [1.807, 2.05) is 0 Å². The van der Waals surface area contributed by atoms with Crippen LogP contribution in [0.5, 0.6) is 0 Å². The molecule has 1 heterocycles. The third-order valence-corrected chi connectivity index (χ3v) is 4.02. The van der Waals surface area contributed by atoms with Crippen molar-refractivity contribution in [3.05, 3.63) is 12.7 Å². The van der Waals surface area contributed by atoms with E-state index in [1.54, 1.807) is 0 Å². The van der Waals surface area contributed by atoms with Gasteiger partial charge in [-0.15, -0.1) is 0 Å². The number of rotatable bonds is 3. The summed E-state index contributed by atoms with van der Waals surface area (Å²) < 4.78 is 4.96. The molecule has 0 bridgehead atoms. The van der Waals surface area contributed by atoms with E-state index >= 15 is 0 Å². The van der Waals surface area contributed by atoms with Gasteiger partial charge >= 0.3 is 12.1 Å². The lowest BCUT2D eigenvalue weighted by molar-refractivity contribution is -0.141. The highest BCUT2D eigenvalue weighted by Crippen LogP contribution is 2.47. The number of ether oxygens (including phenoxy) is 1. The average molecular weight is 253 g/mol. The monoisotopic (exact) mass is 253 g/mol. The van der Waals surface area contributed by atoms with E-state index in [-0.39, 0.29) is 12.0 Å². The summed E-state index contributed by atoms with van der Waals surface area (Å²) in [5.74, 6) is -0.936. The maximum absolute atomic E-state index is 11.9. The van der Waals surface area contributed by atoms with Crippen molar-refractivity contribution in [3.63, 3.8) is 0 Å². The van der Waals surface area contributed by atoms with E-state index in [9.17, 15) is 14.7 Å². The lowest BCUT2D eigenvalue weighted by atomic mass is 9.84. The summed E-state index contributed by atoms with van der Waals surface area (Å²) >= 11 is 0. The van der Waals surface area contributed by atoms with Crippen molar-refractivity contribution in [1.29, 1.82) is 0 Å². The fourth-order valence-electron chi connectivity index (χ4n) is 3.17. The van der Waals surface area contributed by atoms with Gasteiger partial charge in [0.05, 0.1) is 0 Å². The van der Waals surface area contributed by atoms with Crippen LogP contribution in [0.4, 0.5) is 4.79 Å². The van der Waals surface area contributed by atoms with Crippen molar-refractivity contribution < 1.29 is 19.4 Å². The summed E-state index contributed by atoms with van der Waals surface area (Å²) in [6.45, 7) is 4.11. The van der Waals surface area contributed by atoms with Gasteiger partial charge in [-0.05, 0) is 24.7 Å². The smallest absolute Gasteiger partial charge is 0.410 e. The van der Waals surface area contributed by atoms with Crippen LogP contribution in [0.25, 0.3) is 0 Å². The van der Waals surface area contributed by atoms with Gasteiger partial charge in [0.2, 0.25) is 0 Å².